The van der Waals surface area contributed by atoms with Crippen molar-refractivity contribution in [3.05, 3.63) is 35.9 Å². The molecule has 0 saturated carbocycles. The molecule has 4 heteroatoms. The minimum atomic E-state index is -1.11. The minimum absolute atomic E-state index is 0.140. The molecule has 0 saturated heterocycles. The van der Waals surface area contributed by atoms with Crippen molar-refractivity contribution in [1.29, 1.82) is 0 Å². The van der Waals surface area contributed by atoms with E-state index >= 15 is 0 Å². The van der Waals surface area contributed by atoms with Gasteiger partial charge in [-0.3, -0.25) is 0 Å². The molecule has 0 aromatic heterocycles. The van der Waals surface area contributed by atoms with Crippen molar-refractivity contribution < 1.29 is 19.4 Å². The topological polar surface area (TPSA) is 55.8 Å². The summed E-state index contributed by atoms with van der Waals surface area (Å²) in [6, 6.07) is 9.55. The largest absolute Gasteiger partial charge is 0.437 e. The van der Waals surface area contributed by atoms with Gasteiger partial charge in [0.1, 0.15) is 6.10 Å². The first kappa shape index (κ1) is 11.7. The van der Waals surface area contributed by atoms with E-state index < -0.39 is 12.1 Å². The van der Waals surface area contributed by atoms with E-state index in [0.717, 1.165) is 5.56 Å². The first-order valence-corrected chi connectivity index (χ1v) is 4.66. The highest BCUT2D eigenvalue weighted by Crippen LogP contribution is 2.00. The van der Waals surface area contributed by atoms with Crippen molar-refractivity contribution in [2.75, 3.05) is 6.79 Å². The van der Waals surface area contributed by atoms with Gasteiger partial charge in [-0.1, -0.05) is 30.3 Å². The highest BCUT2D eigenvalue weighted by atomic mass is 16.7. The molecule has 1 aromatic rings. The van der Waals surface area contributed by atoms with E-state index in [1.807, 2.05) is 30.3 Å². The number of ether oxygens (including phenoxy) is 2. The standard InChI is InChI=1S/C11H14O4/c1-9(12)11(13)15-8-14-7-10-5-3-2-4-6-10/h2-6,9,12H,7-8H2,1H3/t9-/m0/s1. The third kappa shape index (κ3) is 4.58. The molecule has 0 bridgehead atoms. The number of aliphatic hydroxyl groups excluding tert-OH is 1. The summed E-state index contributed by atoms with van der Waals surface area (Å²) < 4.78 is 9.70. The van der Waals surface area contributed by atoms with E-state index in [0.29, 0.717) is 6.61 Å². The molecule has 1 atom stereocenters. The summed E-state index contributed by atoms with van der Waals surface area (Å²) in [6.07, 6.45) is -1.11. The van der Waals surface area contributed by atoms with E-state index in [1.54, 1.807) is 0 Å². The van der Waals surface area contributed by atoms with Crippen LogP contribution in [0.2, 0.25) is 0 Å². The molecule has 0 aliphatic carbocycles. The summed E-state index contributed by atoms with van der Waals surface area (Å²) in [4.78, 5) is 10.8. The summed E-state index contributed by atoms with van der Waals surface area (Å²) in [7, 11) is 0. The predicted octanol–water partition coefficient (Wildman–Crippen LogP) is 1.08. The summed E-state index contributed by atoms with van der Waals surface area (Å²) in [5.74, 6) is -0.678. The summed E-state index contributed by atoms with van der Waals surface area (Å²) >= 11 is 0. The van der Waals surface area contributed by atoms with Crippen molar-refractivity contribution in [2.45, 2.75) is 19.6 Å². The van der Waals surface area contributed by atoms with Gasteiger partial charge in [-0.05, 0) is 12.5 Å². The third-order valence-corrected chi connectivity index (χ3v) is 1.74. The Bertz CT molecular complexity index is 295. The van der Waals surface area contributed by atoms with Crippen LogP contribution in [-0.4, -0.2) is 24.0 Å². The normalized spacial score (nSPS) is 12.1. The van der Waals surface area contributed by atoms with Gasteiger partial charge in [0.25, 0.3) is 0 Å². The monoisotopic (exact) mass is 210 g/mol. The lowest BCUT2D eigenvalue weighted by molar-refractivity contribution is -0.166. The van der Waals surface area contributed by atoms with E-state index in [9.17, 15) is 4.79 Å². The second-order valence-electron chi connectivity index (χ2n) is 3.09. The summed E-state index contributed by atoms with van der Waals surface area (Å²) in [5, 5.41) is 8.81. The lowest BCUT2D eigenvalue weighted by Gasteiger charge is -2.07. The second kappa shape index (κ2) is 6.16. The van der Waals surface area contributed by atoms with Gasteiger partial charge in [-0.2, -0.15) is 0 Å². The molecule has 1 N–H and O–H groups in total. The zero-order valence-electron chi connectivity index (χ0n) is 8.55. The fraction of sp³-hybridized carbons (Fsp3) is 0.364. The van der Waals surface area contributed by atoms with Gasteiger partial charge in [0.2, 0.25) is 0 Å². The Morgan fingerprint density at radius 1 is 1.40 bits per heavy atom. The Kier molecular flexibility index (Phi) is 4.80. The van der Waals surface area contributed by atoms with Crippen LogP contribution in [0.1, 0.15) is 12.5 Å². The van der Waals surface area contributed by atoms with E-state index in [-0.39, 0.29) is 6.79 Å². The molecule has 0 fully saturated rings. The van der Waals surface area contributed by atoms with Crippen LogP contribution in [0.4, 0.5) is 0 Å². The molecular formula is C11H14O4. The maximum Gasteiger partial charge on any atom is 0.336 e. The van der Waals surface area contributed by atoms with E-state index in [2.05, 4.69) is 4.74 Å². The molecule has 82 valence electrons. The fourth-order valence-electron chi connectivity index (χ4n) is 0.954. The van der Waals surface area contributed by atoms with Crippen LogP contribution in [0.15, 0.2) is 30.3 Å². The maximum atomic E-state index is 10.8. The molecule has 1 rings (SSSR count). The van der Waals surface area contributed by atoms with Crippen molar-refractivity contribution in [1.82, 2.24) is 0 Å². The van der Waals surface area contributed by atoms with Crippen molar-refractivity contribution >= 4 is 5.97 Å². The summed E-state index contributed by atoms with van der Waals surface area (Å²) in [6.45, 7) is 1.59. The lowest BCUT2D eigenvalue weighted by Crippen LogP contribution is -2.20. The molecule has 15 heavy (non-hydrogen) atoms. The molecule has 0 amide bonds. The predicted molar refractivity (Wildman–Crippen MR) is 53.9 cm³/mol. The van der Waals surface area contributed by atoms with Gasteiger partial charge >= 0.3 is 5.97 Å². The quantitative estimate of drug-likeness (QED) is 0.449. The number of hydrogen-bond donors (Lipinski definition) is 1. The average Bonchev–Trinajstić information content (AvgIpc) is 2.25. The number of carbonyl (C=O) groups excluding carboxylic acids is 1. The Labute approximate surface area is 88.4 Å². The lowest BCUT2D eigenvalue weighted by atomic mass is 10.2. The zero-order valence-corrected chi connectivity index (χ0v) is 8.55. The van der Waals surface area contributed by atoms with Gasteiger partial charge in [0.15, 0.2) is 6.79 Å². The fourth-order valence-corrected chi connectivity index (χ4v) is 0.954. The first-order valence-electron chi connectivity index (χ1n) is 4.66. The zero-order chi connectivity index (χ0) is 11.1. The van der Waals surface area contributed by atoms with Gasteiger partial charge in [-0.15, -0.1) is 0 Å². The van der Waals surface area contributed by atoms with Gasteiger partial charge in [0.05, 0.1) is 6.61 Å². The number of rotatable bonds is 5. The summed E-state index contributed by atoms with van der Waals surface area (Å²) in [5.41, 5.74) is 1.01. The smallest absolute Gasteiger partial charge is 0.336 e. The van der Waals surface area contributed by atoms with E-state index in [1.165, 1.54) is 6.92 Å². The molecule has 0 radical (unpaired) electrons. The van der Waals surface area contributed by atoms with Crippen LogP contribution in [0.5, 0.6) is 0 Å². The highest BCUT2D eigenvalue weighted by molar-refractivity contribution is 5.73. The molecule has 4 nitrogen and oxygen atoms in total. The van der Waals surface area contributed by atoms with Crippen LogP contribution in [0, 0.1) is 0 Å². The van der Waals surface area contributed by atoms with Crippen LogP contribution in [-0.2, 0) is 20.9 Å². The Morgan fingerprint density at radius 3 is 2.67 bits per heavy atom. The Morgan fingerprint density at radius 2 is 2.07 bits per heavy atom. The van der Waals surface area contributed by atoms with Crippen LogP contribution in [0.3, 0.4) is 0 Å². The molecule has 0 unspecified atom stereocenters. The molecule has 0 heterocycles. The minimum Gasteiger partial charge on any atom is -0.437 e. The number of benzene rings is 1. The molecular weight excluding hydrogens is 196 g/mol. The maximum absolute atomic E-state index is 10.8. The second-order valence-corrected chi connectivity index (χ2v) is 3.09. The van der Waals surface area contributed by atoms with Crippen LogP contribution in [0.25, 0.3) is 0 Å². The Hall–Kier alpha value is -1.39. The van der Waals surface area contributed by atoms with Crippen LogP contribution >= 0.6 is 0 Å². The number of hydrogen-bond acceptors (Lipinski definition) is 4. The molecule has 0 spiro atoms. The van der Waals surface area contributed by atoms with Crippen molar-refractivity contribution in [3.63, 3.8) is 0 Å². The first-order chi connectivity index (χ1) is 7.20. The highest BCUT2D eigenvalue weighted by Gasteiger charge is 2.09. The average molecular weight is 210 g/mol. The van der Waals surface area contributed by atoms with E-state index in [4.69, 9.17) is 9.84 Å². The van der Waals surface area contributed by atoms with Gasteiger partial charge in [0, 0.05) is 0 Å². The number of esters is 1. The third-order valence-electron chi connectivity index (χ3n) is 1.74. The van der Waals surface area contributed by atoms with Gasteiger partial charge in [-0.25, -0.2) is 4.79 Å². The Balaban J connectivity index is 2.15. The SMILES string of the molecule is C[C@H](O)C(=O)OCOCc1ccccc1. The van der Waals surface area contributed by atoms with Crippen molar-refractivity contribution in [2.24, 2.45) is 0 Å². The molecule has 1 aromatic carbocycles. The number of aliphatic hydroxyl groups is 1. The van der Waals surface area contributed by atoms with Crippen LogP contribution < -0.4 is 0 Å². The van der Waals surface area contributed by atoms with Gasteiger partial charge < -0.3 is 14.6 Å². The van der Waals surface area contributed by atoms with Crippen molar-refractivity contribution in [3.8, 4) is 0 Å². The molecule has 0 aliphatic heterocycles. The molecule has 0 aliphatic rings. The number of carbonyl (C=O) groups is 1.